The predicted octanol–water partition coefficient (Wildman–Crippen LogP) is 4.79. The molecule has 0 radical (unpaired) electrons. The van der Waals surface area contributed by atoms with Crippen molar-refractivity contribution < 1.29 is 5.11 Å². The predicted molar refractivity (Wildman–Crippen MR) is 127 cm³/mol. The molecular formula is C25H32N6O. The van der Waals surface area contributed by atoms with Crippen molar-refractivity contribution in [1.82, 2.24) is 30.3 Å². The summed E-state index contributed by atoms with van der Waals surface area (Å²) in [5, 5.41) is 23.4. The fourth-order valence-electron chi connectivity index (χ4n) is 5.04. The van der Waals surface area contributed by atoms with Crippen molar-refractivity contribution in [2.75, 3.05) is 0 Å². The molecule has 0 amide bonds. The molecule has 7 heteroatoms. The van der Waals surface area contributed by atoms with E-state index in [9.17, 15) is 5.11 Å². The van der Waals surface area contributed by atoms with Gasteiger partial charge >= 0.3 is 0 Å². The molecule has 1 aromatic carbocycles. The van der Waals surface area contributed by atoms with Gasteiger partial charge in [-0.3, -0.25) is 0 Å². The molecule has 0 atom stereocenters. The Morgan fingerprint density at radius 2 is 1.88 bits per heavy atom. The quantitative estimate of drug-likeness (QED) is 0.616. The summed E-state index contributed by atoms with van der Waals surface area (Å²) in [6, 6.07) is 7.71. The molecule has 1 aliphatic heterocycles. The van der Waals surface area contributed by atoms with E-state index in [1.165, 1.54) is 6.33 Å². The van der Waals surface area contributed by atoms with Gasteiger partial charge in [-0.1, -0.05) is 17.3 Å². The first kappa shape index (κ1) is 22.1. The fraction of sp³-hybridized carbons (Fsp3) is 0.440. The number of benzene rings is 1. The third-order valence-corrected chi connectivity index (χ3v) is 6.13. The number of aromatic hydroxyl groups is 1. The number of phenols is 1. The van der Waals surface area contributed by atoms with Gasteiger partial charge in [-0.2, -0.15) is 0 Å². The van der Waals surface area contributed by atoms with Crippen LogP contribution < -0.4 is 5.32 Å². The van der Waals surface area contributed by atoms with Crippen LogP contribution in [-0.4, -0.2) is 41.1 Å². The summed E-state index contributed by atoms with van der Waals surface area (Å²) in [4.78, 5) is 8.19. The van der Waals surface area contributed by atoms with Gasteiger partial charge in [-0.05, 0) is 78.2 Å². The van der Waals surface area contributed by atoms with E-state index in [0.717, 1.165) is 46.6 Å². The molecule has 7 nitrogen and oxygen atoms in total. The van der Waals surface area contributed by atoms with E-state index in [-0.39, 0.29) is 22.9 Å². The molecular weight excluding hydrogens is 400 g/mol. The molecule has 3 heterocycles. The number of allylic oxidation sites excluding steroid dienone is 1. The van der Waals surface area contributed by atoms with Gasteiger partial charge in [0.25, 0.3) is 0 Å². The molecule has 1 saturated heterocycles. The van der Waals surface area contributed by atoms with Crippen LogP contribution in [0.15, 0.2) is 36.8 Å². The molecule has 0 aliphatic carbocycles. The third-order valence-electron chi connectivity index (χ3n) is 6.13. The van der Waals surface area contributed by atoms with Crippen molar-refractivity contribution in [3.8, 4) is 17.0 Å². The number of aromatic nitrogens is 5. The van der Waals surface area contributed by atoms with Crippen LogP contribution in [0.4, 0.5) is 0 Å². The van der Waals surface area contributed by atoms with Gasteiger partial charge in [0.2, 0.25) is 0 Å². The minimum Gasteiger partial charge on any atom is -0.507 e. The zero-order valence-corrected chi connectivity index (χ0v) is 19.7. The molecule has 2 aromatic heterocycles. The maximum atomic E-state index is 10.7. The average Bonchev–Trinajstić information content (AvgIpc) is 3.06. The lowest BCUT2D eigenvalue weighted by Gasteiger charge is -2.46. The molecule has 4 rings (SSSR count). The number of nitrogens with zero attached hydrogens (tertiary/aromatic N) is 5. The minimum atomic E-state index is 0.0356. The van der Waals surface area contributed by atoms with Gasteiger partial charge in [-0.15, -0.1) is 5.10 Å². The maximum Gasteiger partial charge on any atom is 0.123 e. The van der Waals surface area contributed by atoms with Gasteiger partial charge in [0.1, 0.15) is 17.8 Å². The lowest BCUT2D eigenvalue weighted by atomic mass is 9.79. The zero-order valence-electron chi connectivity index (χ0n) is 19.7. The highest BCUT2D eigenvalue weighted by Crippen LogP contribution is 2.37. The van der Waals surface area contributed by atoms with Crippen molar-refractivity contribution in [2.45, 2.75) is 71.5 Å². The molecule has 0 saturated carbocycles. The molecule has 3 aromatic rings. The lowest BCUT2D eigenvalue weighted by Crippen LogP contribution is -2.58. The third kappa shape index (κ3) is 4.58. The Labute approximate surface area is 189 Å². The molecule has 0 bridgehead atoms. The molecule has 2 N–H and O–H groups in total. The molecule has 32 heavy (non-hydrogen) atoms. The van der Waals surface area contributed by atoms with E-state index in [2.05, 4.69) is 64.9 Å². The van der Waals surface area contributed by atoms with Crippen LogP contribution in [-0.2, 0) is 0 Å². The minimum absolute atomic E-state index is 0.0356. The van der Waals surface area contributed by atoms with Crippen molar-refractivity contribution in [3.63, 3.8) is 0 Å². The Hall–Kier alpha value is -3.06. The van der Waals surface area contributed by atoms with Crippen LogP contribution in [0.25, 0.3) is 22.9 Å². The number of nitrogens with one attached hydrogen (secondary N) is 1. The number of phenolic OH excluding ortho intramolecular Hbond substituents is 1. The first-order valence-electron chi connectivity index (χ1n) is 11.0. The van der Waals surface area contributed by atoms with Crippen LogP contribution >= 0.6 is 0 Å². The van der Waals surface area contributed by atoms with Gasteiger partial charge in [0.05, 0.1) is 17.4 Å². The lowest BCUT2D eigenvalue weighted by molar-refractivity contribution is 0.124. The summed E-state index contributed by atoms with van der Waals surface area (Å²) < 4.78 is 2.07. The molecule has 1 fully saturated rings. The molecule has 168 valence electrons. The summed E-state index contributed by atoms with van der Waals surface area (Å²) in [6.07, 6.45) is 7.18. The first-order chi connectivity index (χ1) is 15.0. The highest BCUT2D eigenvalue weighted by Gasteiger charge is 2.39. The van der Waals surface area contributed by atoms with Crippen LogP contribution in [0.2, 0.25) is 0 Å². The van der Waals surface area contributed by atoms with E-state index in [4.69, 9.17) is 0 Å². The zero-order chi connectivity index (χ0) is 23.1. The summed E-state index contributed by atoms with van der Waals surface area (Å²) in [5.41, 5.74) is 5.26. The number of hydrogen-bond donors (Lipinski definition) is 2. The second-order valence-electron chi connectivity index (χ2n) is 10.1. The first-order valence-corrected chi connectivity index (χ1v) is 11.0. The second kappa shape index (κ2) is 8.13. The van der Waals surface area contributed by atoms with Gasteiger partial charge in [-0.25, -0.2) is 14.6 Å². The Morgan fingerprint density at radius 1 is 1.16 bits per heavy atom. The van der Waals surface area contributed by atoms with E-state index < -0.39 is 0 Å². The highest BCUT2D eigenvalue weighted by atomic mass is 16.3. The Balaban J connectivity index is 1.61. The van der Waals surface area contributed by atoms with Gasteiger partial charge in [0, 0.05) is 28.4 Å². The number of hydrogen-bond acceptors (Lipinski definition) is 6. The Morgan fingerprint density at radius 3 is 2.50 bits per heavy atom. The SMILES string of the molecule is C/C(=C\c1nnn(C2CC(C)(C)NC(C)(C)C2)c1C)c1ccc(-c2ccncn2)cc1O. The monoisotopic (exact) mass is 432 g/mol. The summed E-state index contributed by atoms with van der Waals surface area (Å²) in [7, 11) is 0. The van der Waals surface area contributed by atoms with Crippen LogP contribution in [0, 0.1) is 6.92 Å². The highest BCUT2D eigenvalue weighted by molar-refractivity contribution is 5.83. The van der Waals surface area contributed by atoms with E-state index >= 15 is 0 Å². The normalized spacial score (nSPS) is 18.6. The van der Waals surface area contributed by atoms with Crippen molar-refractivity contribution >= 4 is 11.6 Å². The van der Waals surface area contributed by atoms with Gasteiger partial charge < -0.3 is 10.4 Å². The Kier molecular flexibility index (Phi) is 5.63. The summed E-state index contributed by atoms with van der Waals surface area (Å²) in [5.74, 6) is 0.210. The standard InChI is InChI=1S/C25H32N6O/c1-16(20-8-7-18(12-23(20)32)21-9-10-26-15-27-21)11-22-17(2)31(30-28-22)19-13-24(3,4)29-25(5,6)14-19/h7-12,15,19,29,32H,13-14H2,1-6H3/b16-11+. The average molecular weight is 433 g/mol. The number of piperidine rings is 1. The van der Waals surface area contributed by atoms with Crippen LogP contribution in [0.5, 0.6) is 5.75 Å². The van der Waals surface area contributed by atoms with Crippen LogP contribution in [0.3, 0.4) is 0 Å². The topological polar surface area (TPSA) is 88.8 Å². The van der Waals surface area contributed by atoms with Crippen molar-refractivity contribution in [3.05, 3.63) is 53.7 Å². The van der Waals surface area contributed by atoms with E-state index in [1.54, 1.807) is 12.3 Å². The van der Waals surface area contributed by atoms with Crippen molar-refractivity contribution in [2.24, 2.45) is 0 Å². The molecule has 0 unspecified atom stereocenters. The van der Waals surface area contributed by atoms with E-state index in [0.29, 0.717) is 0 Å². The largest absolute Gasteiger partial charge is 0.507 e. The summed E-state index contributed by atoms with van der Waals surface area (Å²) >= 11 is 0. The summed E-state index contributed by atoms with van der Waals surface area (Å²) in [6.45, 7) is 13.0. The second-order valence-corrected chi connectivity index (χ2v) is 10.1. The van der Waals surface area contributed by atoms with Gasteiger partial charge in [0.15, 0.2) is 0 Å². The molecule has 1 aliphatic rings. The fourth-order valence-corrected chi connectivity index (χ4v) is 5.04. The number of rotatable bonds is 4. The molecule has 0 spiro atoms. The smallest absolute Gasteiger partial charge is 0.123 e. The van der Waals surface area contributed by atoms with Crippen molar-refractivity contribution in [1.29, 1.82) is 0 Å². The van der Waals surface area contributed by atoms with E-state index in [1.807, 2.05) is 31.2 Å². The van der Waals surface area contributed by atoms with Crippen LogP contribution in [0.1, 0.15) is 70.5 Å². The maximum absolute atomic E-state index is 10.7. The Bertz CT molecular complexity index is 1130.